The van der Waals surface area contributed by atoms with Crippen LogP contribution >= 0.6 is 0 Å². The summed E-state index contributed by atoms with van der Waals surface area (Å²) in [5, 5.41) is 0. The Kier molecular flexibility index (Phi) is 3.28. The van der Waals surface area contributed by atoms with Crippen molar-refractivity contribution in [2.24, 2.45) is 4.99 Å². The van der Waals surface area contributed by atoms with Crippen molar-refractivity contribution in [3.63, 3.8) is 0 Å². The fraction of sp³-hybridized carbons (Fsp3) is 0.417. The normalized spacial score (nSPS) is 10.7. The molecule has 0 amide bonds. The first kappa shape index (κ1) is 11.5. The van der Waals surface area contributed by atoms with Crippen LogP contribution in [-0.2, 0) is 10.3 Å². The Morgan fingerprint density at radius 3 is 2.60 bits per heavy atom. The SMILES string of the molecule is COc1cccc(C(C)(C)N=C=O)c1C. The maximum absolute atomic E-state index is 10.3. The van der Waals surface area contributed by atoms with Crippen LogP contribution in [0.1, 0.15) is 25.0 Å². The van der Waals surface area contributed by atoms with Gasteiger partial charge in [-0.15, -0.1) is 0 Å². The van der Waals surface area contributed by atoms with Crippen molar-refractivity contribution in [1.29, 1.82) is 0 Å². The van der Waals surface area contributed by atoms with E-state index in [1.165, 1.54) is 0 Å². The van der Waals surface area contributed by atoms with Gasteiger partial charge in [0.15, 0.2) is 0 Å². The average molecular weight is 205 g/mol. The van der Waals surface area contributed by atoms with Crippen LogP contribution in [0, 0.1) is 6.92 Å². The Morgan fingerprint density at radius 1 is 1.40 bits per heavy atom. The number of methoxy groups -OCH3 is 1. The highest BCUT2D eigenvalue weighted by atomic mass is 16.5. The lowest BCUT2D eigenvalue weighted by atomic mass is 9.91. The zero-order valence-electron chi connectivity index (χ0n) is 9.50. The number of isocyanates is 1. The van der Waals surface area contributed by atoms with Crippen LogP contribution in [0.15, 0.2) is 23.2 Å². The summed E-state index contributed by atoms with van der Waals surface area (Å²) in [5.74, 6) is 0.807. The van der Waals surface area contributed by atoms with Crippen molar-refractivity contribution in [3.05, 3.63) is 29.3 Å². The van der Waals surface area contributed by atoms with Crippen LogP contribution in [0.2, 0.25) is 0 Å². The highest BCUT2D eigenvalue weighted by Crippen LogP contribution is 2.31. The first-order valence-corrected chi connectivity index (χ1v) is 4.76. The summed E-state index contributed by atoms with van der Waals surface area (Å²) >= 11 is 0. The van der Waals surface area contributed by atoms with Gasteiger partial charge in [-0.1, -0.05) is 12.1 Å². The Balaban J connectivity index is 3.31. The van der Waals surface area contributed by atoms with Gasteiger partial charge < -0.3 is 4.74 Å². The minimum Gasteiger partial charge on any atom is -0.496 e. The van der Waals surface area contributed by atoms with Crippen LogP contribution in [0.3, 0.4) is 0 Å². The minimum atomic E-state index is -0.555. The van der Waals surface area contributed by atoms with Gasteiger partial charge in [0.1, 0.15) is 5.75 Å². The molecule has 0 radical (unpaired) electrons. The molecule has 0 aliphatic heterocycles. The molecule has 0 N–H and O–H groups in total. The van der Waals surface area contributed by atoms with E-state index in [0.29, 0.717) is 0 Å². The quantitative estimate of drug-likeness (QED) is 0.562. The van der Waals surface area contributed by atoms with Gasteiger partial charge in [0.2, 0.25) is 6.08 Å². The van der Waals surface area contributed by atoms with Gasteiger partial charge in [0, 0.05) is 0 Å². The van der Waals surface area contributed by atoms with E-state index >= 15 is 0 Å². The Labute approximate surface area is 89.8 Å². The maximum atomic E-state index is 10.3. The molecule has 15 heavy (non-hydrogen) atoms. The lowest BCUT2D eigenvalue weighted by Gasteiger charge is -2.21. The van der Waals surface area contributed by atoms with Crippen molar-refractivity contribution in [1.82, 2.24) is 0 Å². The standard InChI is InChI=1S/C12H15NO2/c1-9-10(12(2,3)13-8-14)6-5-7-11(9)15-4/h5-7H,1-4H3. The molecule has 0 saturated carbocycles. The molecule has 0 bridgehead atoms. The van der Waals surface area contributed by atoms with E-state index in [4.69, 9.17) is 4.74 Å². The zero-order chi connectivity index (χ0) is 11.5. The van der Waals surface area contributed by atoms with Gasteiger partial charge in [-0.25, -0.2) is 4.79 Å². The number of ether oxygens (including phenoxy) is 1. The monoisotopic (exact) mass is 205 g/mol. The highest BCUT2D eigenvalue weighted by Gasteiger charge is 2.22. The lowest BCUT2D eigenvalue weighted by Crippen LogP contribution is -2.15. The minimum absolute atomic E-state index is 0.555. The molecule has 0 fully saturated rings. The van der Waals surface area contributed by atoms with Gasteiger partial charge in [0.05, 0.1) is 12.6 Å². The molecule has 0 atom stereocenters. The Bertz CT molecular complexity index is 404. The van der Waals surface area contributed by atoms with Gasteiger partial charge in [-0.05, 0) is 38.0 Å². The van der Waals surface area contributed by atoms with Crippen LogP contribution in [0.5, 0.6) is 5.75 Å². The van der Waals surface area contributed by atoms with Gasteiger partial charge >= 0.3 is 0 Å². The molecule has 0 saturated heterocycles. The number of benzene rings is 1. The van der Waals surface area contributed by atoms with Crippen LogP contribution in [0.4, 0.5) is 0 Å². The number of aliphatic imine (C=N–C) groups is 1. The van der Waals surface area contributed by atoms with Crippen molar-refractivity contribution >= 4 is 6.08 Å². The predicted octanol–water partition coefficient (Wildman–Crippen LogP) is 2.57. The van der Waals surface area contributed by atoms with Crippen LogP contribution in [-0.4, -0.2) is 13.2 Å². The molecule has 0 unspecified atom stereocenters. The number of rotatable bonds is 3. The fourth-order valence-electron chi connectivity index (χ4n) is 1.67. The smallest absolute Gasteiger partial charge is 0.235 e. The molecular formula is C12H15NO2. The van der Waals surface area contributed by atoms with E-state index in [-0.39, 0.29) is 0 Å². The second-order valence-electron chi connectivity index (χ2n) is 3.89. The summed E-state index contributed by atoms with van der Waals surface area (Å²) in [6.45, 7) is 5.70. The lowest BCUT2D eigenvalue weighted by molar-refractivity contribution is 0.408. The van der Waals surface area contributed by atoms with Crippen molar-refractivity contribution in [2.45, 2.75) is 26.3 Å². The van der Waals surface area contributed by atoms with Crippen molar-refractivity contribution < 1.29 is 9.53 Å². The van der Waals surface area contributed by atoms with Crippen molar-refractivity contribution in [3.8, 4) is 5.75 Å². The number of hydrogen-bond acceptors (Lipinski definition) is 3. The third kappa shape index (κ3) is 2.25. The highest BCUT2D eigenvalue weighted by molar-refractivity contribution is 5.45. The summed E-state index contributed by atoms with van der Waals surface area (Å²) in [6, 6.07) is 5.72. The molecule has 0 aromatic heterocycles. The summed E-state index contributed by atoms with van der Waals surface area (Å²) in [7, 11) is 1.63. The molecule has 1 aromatic carbocycles. The second-order valence-corrected chi connectivity index (χ2v) is 3.89. The molecule has 3 nitrogen and oxygen atoms in total. The van der Waals surface area contributed by atoms with E-state index in [2.05, 4.69) is 4.99 Å². The van der Waals surface area contributed by atoms with Crippen LogP contribution < -0.4 is 4.74 Å². The molecule has 3 heteroatoms. The molecule has 0 heterocycles. The fourth-order valence-corrected chi connectivity index (χ4v) is 1.67. The second kappa shape index (κ2) is 4.28. The maximum Gasteiger partial charge on any atom is 0.235 e. The van der Waals surface area contributed by atoms with Gasteiger partial charge in [-0.2, -0.15) is 4.99 Å². The first-order valence-electron chi connectivity index (χ1n) is 4.76. The average Bonchev–Trinajstić information content (AvgIpc) is 2.17. The summed E-state index contributed by atoms with van der Waals surface area (Å²) in [4.78, 5) is 14.1. The molecule has 0 spiro atoms. The molecular weight excluding hydrogens is 190 g/mol. The first-order chi connectivity index (χ1) is 7.03. The largest absolute Gasteiger partial charge is 0.496 e. The number of hydrogen-bond donors (Lipinski definition) is 0. The summed E-state index contributed by atoms with van der Waals surface area (Å²) in [6.07, 6.45) is 1.61. The number of nitrogens with zero attached hydrogens (tertiary/aromatic N) is 1. The van der Waals surface area contributed by atoms with E-state index in [1.807, 2.05) is 39.0 Å². The topological polar surface area (TPSA) is 38.7 Å². The van der Waals surface area contributed by atoms with Crippen LogP contribution in [0.25, 0.3) is 0 Å². The molecule has 1 aromatic rings. The third-order valence-corrected chi connectivity index (χ3v) is 2.49. The number of carbonyl (C=O) groups excluding carboxylic acids is 1. The van der Waals surface area contributed by atoms with E-state index in [9.17, 15) is 4.79 Å². The molecule has 1 rings (SSSR count). The van der Waals surface area contributed by atoms with Crippen molar-refractivity contribution in [2.75, 3.05) is 7.11 Å². The molecule has 0 aliphatic carbocycles. The summed E-state index contributed by atoms with van der Waals surface area (Å²) in [5.41, 5.74) is 1.43. The third-order valence-electron chi connectivity index (χ3n) is 2.49. The van der Waals surface area contributed by atoms with E-state index < -0.39 is 5.54 Å². The summed E-state index contributed by atoms with van der Waals surface area (Å²) < 4.78 is 5.22. The Hall–Kier alpha value is -1.60. The molecule has 80 valence electrons. The Morgan fingerprint density at radius 2 is 2.07 bits per heavy atom. The molecule has 0 aliphatic rings. The predicted molar refractivity (Wildman–Crippen MR) is 58.9 cm³/mol. The zero-order valence-corrected chi connectivity index (χ0v) is 9.50. The van der Waals surface area contributed by atoms with E-state index in [0.717, 1.165) is 16.9 Å². The van der Waals surface area contributed by atoms with E-state index in [1.54, 1.807) is 13.2 Å². The van der Waals surface area contributed by atoms with Gasteiger partial charge in [0.25, 0.3) is 0 Å². The van der Waals surface area contributed by atoms with Gasteiger partial charge in [-0.3, -0.25) is 0 Å².